The van der Waals surface area contributed by atoms with E-state index in [0.29, 0.717) is 36.0 Å². The van der Waals surface area contributed by atoms with Crippen LogP contribution >= 0.6 is 11.6 Å². The first-order valence-corrected chi connectivity index (χ1v) is 11.7. The van der Waals surface area contributed by atoms with E-state index in [9.17, 15) is 9.59 Å². The number of hydrogen-bond donors (Lipinski definition) is 0. The number of imidazole rings is 1. The number of rotatable bonds is 3. The molecule has 2 amide bonds. The predicted octanol–water partition coefficient (Wildman–Crippen LogP) is 3.18. The lowest BCUT2D eigenvalue weighted by Crippen LogP contribution is -2.38. The topological polar surface area (TPSA) is 70.9 Å². The summed E-state index contributed by atoms with van der Waals surface area (Å²) in [5.41, 5.74) is 3.25. The van der Waals surface area contributed by atoms with E-state index in [1.54, 1.807) is 17.0 Å². The van der Waals surface area contributed by atoms with Gasteiger partial charge >= 0.3 is 0 Å². The zero-order valence-corrected chi connectivity index (χ0v) is 20.6. The van der Waals surface area contributed by atoms with Crippen molar-refractivity contribution in [3.8, 4) is 0 Å². The van der Waals surface area contributed by atoms with Gasteiger partial charge in [-0.15, -0.1) is 0 Å². The Hall–Kier alpha value is -2.94. The summed E-state index contributed by atoms with van der Waals surface area (Å²) in [5.74, 6) is 0.105. The number of benzene rings is 2. The Labute approximate surface area is 204 Å². The SMILES string of the molecule is COCC(=O)N1CCCN(C)CCN(C(=O)c2nc3cc(Cl)ccc3n2C)Cc2ccccc21. The van der Waals surface area contributed by atoms with Crippen LogP contribution in [0, 0.1) is 0 Å². The molecule has 0 saturated carbocycles. The number of carbonyl (C=O) groups is 2. The van der Waals surface area contributed by atoms with Crippen LogP contribution in [0.25, 0.3) is 11.0 Å². The molecule has 1 aliphatic heterocycles. The Morgan fingerprint density at radius 2 is 1.85 bits per heavy atom. The highest BCUT2D eigenvalue weighted by molar-refractivity contribution is 6.31. The zero-order valence-electron chi connectivity index (χ0n) is 19.8. The van der Waals surface area contributed by atoms with Crippen molar-refractivity contribution in [1.82, 2.24) is 19.4 Å². The smallest absolute Gasteiger partial charge is 0.290 e. The molecule has 180 valence electrons. The Morgan fingerprint density at radius 1 is 1.06 bits per heavy atom. The largest absolute Gasteiger partial charge is 0.375 e. The number of methoxy groups -OCH3 is 1. The van der Waals surface area contributed by atoms with Crippen LogP contribution in [0.3, 0.4) is 0 Å². The number of ether oxygens (including phenoxy) is 1. The van der Waals surface area contributed by atoms with E-state index in [1.807, 2.05) is 53.9 Å². The van der Waals surface area contributed by atoms with Crippen molar-refractivity contribution < 1.29 is 14.3 Å². The fourth-order valence-corrected chi connectivity index (χ4v) is 4.52. The molecule has 34 heavy (non-hydrogen) atoms. The van der Waals surface area contributed by atoms with E-state index in [-0.39, 0.29) is 18.4 Å². The zero-order chi connectivity index (χ0) is 24.2. The number of nitrogens with zero attached hydrogens (tertiary/aromatic N) is 5. The second kappa shape index (κ2) is 10.5. The number of hydrogen-bond acceptors (Lipinski definition) is 5. The number of halogens is 1. The number of carbonyl (C=O) groups excluding carboxylic acids is 2. The standard InChI is InChI=1S/C25H30ClN5O3/c1-28-11-6-12-31(23(32)17-34-3)21-8-5-4-7-18(21)16-30(14-13-28)25(33)24-27-20-15-19(26)9-10-22(20)29(24)2/h4-5,7-10,15H,6,11-14,16-17H2,1-3H3. The molecule has 0 unspecified atom stereocenters. The van der Waals surface area contributed by atoms with Gasteiger partial charge in [0.2, 0.25) is 0 Å². The molecule has 0 spiro atoms. The van der Waals surface area contributed by atoms with Gasteiger partial charge in [-0.25, -0.2) is 4.98 Å². The van der Waals surface area contributed by atoms with Gasteiger partial charge in [-0.2, -0.15) is 0 Å². The molecule has 1 aromatic heterocycles. The third-order valence-electron chi connectivity index (χ3n) is 6.21. The number of anilines is 1. The summed E-state index contributed by atoms with van der Waals surface area (Å²) in [4.78, 5) is 37.0. The van der Waals surface area contributed by atoms with Crippen molar-refractivity contribution in [3.63, 3.8) is 0 Å². The van der Waals surface area contributed by atoms with Crippen LogP contribution in [0.5, 0.6) is 0 Å². The van der Waals surface area contributed by atoms with Crippen LogP contribution in [-0.4, -0.2) is 78.1 Å². The van der Waals surface area contributed by atoms with E-state index in [1.165, 1.54) is 7.11 Å². The molecule has 4 rings (SSSR count). The second-order valence-electron chi connectivity index (χ2n) is 8.62. The van der Waals surface area contributed by atoms with E-state index in [4.69, 9.17) is 16.3 Å². The van der Waals surface area contributed by atoms with Crippen LogP contribution in [0.15, 0.2) is 42.5 Å². The summed E-state index contributed by atoms with van der Waals surface area (Å²) in [7, 11) is 5.40. The molecule has 0 aliphatic carbocycles. The number of likely N-dealkylation sites (N-methyl/N-ethyl adjacent to an activating group) is 1. The number of fused-ring (bicyclic) bond motifs is 2. The lowest BCUT2D eigenvalue weighted by molar-refractivity contribution is -0.122. The maximum atomic E-state index is 13.7. The van der Waals surface area contributed by atoms with Gasteiger partial charge in [0.05, 0.1) is 11.0 Å². The van der Waals surface area contributed by atoms with Crippen LogP contribution in [0.2, 0.25) is 5.02 Å². The van der Waals surface area contributed by atoms with Gasteiger partial charge in [0.15, 0.2) is 5.82 Å². The summed E-state index contributed by atoms with van der Waals surface area (Å²) < 4.78 is 6.94. The summed E-state index contributed by atoms with van der Waals surface area (Å²) in [6, 6.07) is 13.2. The average Bonchev–Trinajstić information content (AvgIpc) is 3.13. The molecule has 1 aliphatic rings. The van der Waals surface area contributed by atoms with Gasteiger partial charge in [-0.05, 0) is 49.8 Å². The molecular formula is C25H30ClN5O3. The van der Waals surface area contributed by atoms with Gasteiger partial charge < -0.3 is 24.0 Å². The Balaban J connectivity index is 1.72. The van der Waals surface area contributed by atoms with Crippen LogP contribution in [-0.2, 0) is 23.1 Å². The Morgan fingerprint density at radius 3 is 2.65 bits per heavy atom. The molecule has 0 fully saturated rings. The summed E-state index contributed by atoms with van der Waals surface area (Å²) >= 11 is 6.14. The number of aromatic nitrogens is 2. The fourth-order valence-electron chi connectivity index (χ4n) is 4.35. The van der Waals surface area contributed by atoms with Gasteiger partial charge in [0, 0.05) is 51.0 Å². The van der Waals surface area contributed by atoms with Crippen molar-refractivity contribution in [2.45, 2.75) is 13.0 Å². The molecule has 0 bridgehead atoms. The predicted molar refractivity (Wildman–Crippen MR) is 133 cm³/mol. The molecule has 0 N–H and O–H groups in total. The summed E-state index contributed by atoms with van der Waals surface area (Å²) in [5, 5.41) is 0.580. The highest BCUT2D eigenvalue weighted by Crippen LogP contribution is 2.25. The van der Waals surface area contributed by atoms with Crippen LogP contribution in [0.1, 0.15) is 22.6 Å². The maximum Gasteiger partial charge on any atom is 0.290 e. The third kappa shape index (κ3) is 5.09. The molecule has 2 heterocycles. The first-order valence-electron chi connectivity index (χ1n) is 11.4. The molecular weight excluding hydrogens is 454 g/mol. The van der Waals surface area contributed by atoms with Crippen molar-refractivity contribution in [3.05, 3.63) is 58.9 Å². The second-order valence-corrected chi connectivity index (χ2v) is 9.05. The van der Waals surface area contributed by atoms with Crippen LogP contribution in [0.4, 0.5) is 5.69 Å². The van der Waals surface area contributed by atoms with E-state index >= 15 is 0 Å². The van der Waals surface area contributed by atoms with E-state index in [2.05, 4.69) is 9.88 Å². The molecule has 9 heteroatoms. The lowest BCUT2D eigenvalue weighted by atomic mass is 10.1. The number of para-hydroxylation sites is 1. The lowest BCUT2D eigenvalue weighted by Gasteiger charge is -2.27. The monoisotopic (exact) mass is 483 g/mol. The van der Waals surface area contributed by atoms with Gasteiger partial charge in [0.25, 0.3) is 11.8 Å². The number of amides is 2. The first-order chi connectivity index (χ1) is 16.4. The van der Waals surface area contributed by atoms with Gasteiger partial charge in [0.1, 0.15) is 6.61 Å². The van der Waals surface area contributed by atoms with Crippen molar-refractivity contribution in [2.24, 2.45) is 7.05 Å². The van der Waals surface area contributed by atoms with Crippen molar-refractivity contribution >= 4 is 40.1 Å². The molecule has 2 aromatic carbocycles. The number of aryl methyl sites for hydroxylation is 1. The van der Waals surface area contributed by atoms with E-state index in [0.717, 1.165) is 36.3 Å². The Bertz CT molecular complexity index is 1190. The highest BCUT2D eigenvalue weighted by atomic mass is 35.5. The minimum Gasteiger partial charge on any atom is -0.375 e. The van der Waals surface area contributed by atoms with E-state index < -0.39 is 0 Å². The highest BCUT2D eigenvalue weighted by Gasteiger charge is 2.26. The Kier molecular flexibility index (Phi) is 7.50. The molecule has 0 saturated heterocycles. The normalized spacial score (nSPS) is 15.8. The average molecular weight is 484 g/mol. The molecule has 3 aromatic rings. The molecule has 0 atom stereocenters. The van der Waals surface area contributed by atoms with Crippen LogP contribution < -0.4 is 4.90 Å². The van der Waals surface area contributed by atoms with Gasteiger partial charge in [-0.3, -0.25) is 9.59 Å². The van der Waals surface area contributed by atoms with Crippen molar-refractivity contribution in [1.29, 1.82) is 0 Å². The molecule has 0 radical (unpaired) electrons. The summed E-state index contributed by atoms with van der Waals surface area (Å²) in [6.45, 7) is 3.03. The summed E-state index contributed by atoms with van der Waals surface area (Å²) in [6.07, 6.45) is 0.819. The van der Waals surface area contributed by atoms with Gasteiger partial charge in [-0.1, -0.05) is 29.8 Å². The quantitative estimate of drug-likeness (QED) is 0.572. The minimum absolute atomic E-state index is 0.00916. The van der Waals surface area contributed by atoms with Crippen molar-refractivity contribution in [2.75, 3.05) is 51.8 Å². The first kappa shape index (κ1) is 24.2. The minimum atomic E-state index is -0.160. The fraction of sp³-hybridized carbons (Fsp3) is 0.400. The maximum absolute atomic E-state index is 13.7. The third-order valence-corrected chi connectivity index (χ3v) is 6.44. The molecule has 8 nitrogen and oxygen atoms in total.